The number of hydrogen-bond acceptors (Lipinski definition) is 4. The largest absolute Gasteiger partial charge is 0.497 e. The molecule has 1 aromatic rings. The first-order chi connectivity index (χ1) is 8.94. The molecule has 1 fully saturated rings. The fraction of sp³-hybridized carbons (Fsp3) is 0.500. The van der Waals surface area contributed by atoms with Crippen LogP contribution in [-0.4, -0.2) is 28.1 Å². The molecule has 0 spiro atoms. The van der Waals surface area contributed by atoms with Crippen molar-refractivity contribution in [2.24, 2.45) is 11.7 Å². The number of benzene rings is 1. The zero-order chi connectivity index (χ0) is 14.0. The molecule has 114 valence electrons. The minimum atomic E-state index is -3.58. The third kappa shape index (κ3) is 4.33. The zero-order valence-corrected chi connectivity index (χ0v) is 14.2. The molecule has 1 aliphatic carbocycles. The molecule has 8 heteroatoms. The first-order valence-corrected chi connectivity index (χ1v) is 8.30. The lowest BCUT2D eigenvalue weighted by Crippen LogP contribution is -2.38. The Bertz CT molecular complexity index is 564. The Labute approximate surface area is 133 Å². The van der Waals surface area contributed by atoms with E-state index in [2.05, 4.69) is 20.7 Å². The Balaban J connectivity index is 0.00000200. The van der Waals surface area contributed by atoms with E-state index >= 15 is 0 Å². The average molecular weight is 386 g/mol. The highest BCUT2D eigenvalue weighted by Crippen LogP contribution is 2.31. The standard InChI is InChI=1S/C12H17BrN2O3S.ClH/c1-18-9-4-5-10(13)12(6-9)19(16,17)15-7-11(14)8-2-3-8;/h4-6,8,11,15H,2-3,7,14H2,1H3;1H. The maximum absolute atomic E-state index is 12.2. The molecule has 0 radical (unpaired) electrons. The minimum Gasteiger partial charge on any atom is -0.497 e. The molecule has 0 aromatic heterocycles. The van der Waals surface area contributed by atoms with E-state index < -0.39 is 10.0 Å². The molecule has 0 aliphatic heterocycles. The van der Waals surface area contributed by atoms with Crippen molar-refractivity contribution in [3.05, 3.63) is 22.7 Å². The first-order valence-electron chi connectivity index (χ1n) is 6.03. The number of hydrogen-bond donors (Lipinski definition) is 2. The van der Waals surface area contributed by atoms with Gasteiger partial charge in [0.15, 0.2) is 0 Å². The van der Waals surface area contributed by atoms with Crippen LogP contribution in [0.2, 0.25) is 0 Å². The number of ether oxygens (including phenoxy) is 1. The highest BCUT2D eigenvalue weighted by atomic mass is 79.9. The minimum absolute atomic E-state index is 0. The molecule has 0 amide bonds. The second-order valence-electron chi connectivity index (χ2n) is 4.65. The van der Waals surface area contributed by atoms with Crippen LogP contribution < -0.4 is 15.2 Å². The van der Waals surface area contributed by atoms with Gasteiger partial charge in [0.2, 0.25) is 10.0 Å². The molecule has 0 bridgehead atoms. The van der Waals surface area contributed by atoms with Crippen molar-refractivity contribution in [3.8, 4) is 5.75 Å². The first kappa shape index (κ1) is 17.7. The molecule has 1 unspecified atom stereocenters. The van der Waals surface area contributed by atoms with Gasteiger partial charge in [0.25, 0.3) is 0 Å². The van der Waals surface area contributed by atoms with Crippen molar-refractivity contribution in [1.82, 2.24) is 4.72 Å². The lowest BCUT2D eigenvalue weighted by molar-refractivity contribution is 0.413. The maximum atomic E-state index is 12.2. The highest BCUT2D eigenvalue weighted by Gasteiger charge is 2.29. The van der Waals surface area contributed by atoms with Crippen molar-refractivity contribution in [3.63, 3.8) is 0 Å². The lowest BCUT2D eigenvalue weighted by atomic mass is 10.2. The van der Waals surface area contributed by atoms with Crippen LogP contribution in [0, 0.1) is 5.92 Å². The third-order valence-corrected chi connectivity index (χ3v) is 5.58. The van der Waals surface area contributed by atoms with Gasteiger partial charge in [0.05, 0.1) is 12.0 Å². The van der Waals surface area contributed by atoms with Gasteiger partial charge in [0, 0.05) is 23.1 Å². The molecule has 1 aromatic carbocycles. The zero-order valence-electron chi connectivity index (χ0n) is 11.0. The van der Waals surface area contributed by atoms with E-state index in [4.69, 9.17) is 10.5 Å². The number of nitrogens with one attached hydrogen (secondary N) is 1. The van der Waals surface area contributed by atoms with Gasteiger partial charge in [0.1, 0.15) is 5.75 Å². The predicted octanol–water partition coefficient (Wildman–Crippen LogP) is 1.90. The summed E-state index contributed by atoms with van der Waals surface area (Å²) < 4.78 is 32.5. The summed E-state index contributed by atoms with van der Waals surface area (Å²) in [6.45, 7) is 0.261. The SMILES string of the molecule is COc1ccc(Br)c(S(=O)(=O)NCC(N)C2CC2)c1.Cl. The van der Waals surface area contributed by atoms with Gasteiger partial charge in [-0.1, -0.05) is 0 Å². The maximum Gasteiger partial charge on any atom is 0.241 e. The molecule has 20 heavy (non-hydrogen) atoms. The van der Waals surface area contributed by atoms with Gasteiger partial charge in [-0.25, -0.2) is 13.1 Å². The summed E-state index contributed by atoms with van der Waals surface area (Å²) in [6, 6.07) is 4.71. The van der Waals surface area contributed by atoms with Crippen LogP contribution >= 0.6 is 28.3 Å². The molecule has 0 saturated heterocycles. The van der Waals surface area contributed by atoms with Gasteiger partial charge in [-0.3, -0.25) is 0 Å². The summed E-state index contributed by atoms with van der Waals surface area (Å²) >= 11 is 3.24. The van der Waals surface area contributed by atoms with E-state index in [1.54, 1.807) is 12.1 Å². The number of nitrogens with two attached hydrogens (primary N) is 1. The predicted molar refractivity (Wildman–Crippen MR) is 83.8 cm³/mol. The summed E-state index contributed by atoms with van der Waals surface area (Å²) in [4.78, 5) is 0.162. The quantitative estimate of drug-likeness (QED) is 0.783. The molecular weight excluding hydrogens is 368 g/mol. The molecule has 1 saturated carbocycles. The van der Waals surface area contributed by atoms with E-state index in [0.717, 1.165) is 12.8 Å². The smallest absolute Gasteiger partial charge is 0.241 e. The fourth-order valence-electron chi connectivity index (χ4n) is 1.79. The Morgan fingerprint density at radius 2 is 2.15 bits per heavy atom. The molecule has 2 rings (SSSR count). The van der Waals surface area contributed by atoms with E-state index in [1.807, 2.05) is 0 Å². The van der Waals surface area contributed by atoms with Crippen molar-refractivity contribution >= 4 is 38.4 Å². The van der Waals surface area contributed by atoms with Crippen LogP contribution in [0.4, 0.5) is 0 Å². The van der Waals surface area contributed by atoms with Crippen LogP contribution in [0.25, 0.3) is 0 Å². The van der Waals surface area contributed by atoms with Crippen LogP contribution in [0.5, 0.6) is 5.75 Å². The lowest BCUT2D eigenvalue weighted by Gasteiger charge is -2.13. The van der Waals surface area contributed by atoms with Crippen molar-refractivity contribution in [1.29, 1.82) is 0 Å². The Morgan fingerprint density at radius 1 is 1.50 bits per heavy atom. The average Bonchev–Trinajstić information content (AvgIpc) is 3.20. The van der Waals surface area contributed by atoms with Gasteiger partial charge < -0.3 is 10.5 Å². The fourth-order valence-corrected chi connectivity index (χ4v) is 3.84. The van der Waals surface area contributed by atoms with E-state index in [1.165, 1.54) is 13.2 Å². The van der Waals surface area contributed by atoms with E-state index in [9.17, 15) is 8.42 Å². The van der Waals surface area contributed by atoms with Crippen LogP contribution in [-0.2, 0) is 10.0 Å². The van der Waals surface area contributed by atoms with Crippen molar-refractivity contribution in [2.45, 2.75) is 23.8 Å². The van der Waals surface area contributed by atoms with Gasteiger partial charge in [-0.05, 0) is 46.8 Å². The summed E-state index contributed by atoms with van der Waals surface area (Å²) in [5, 5.41) is 0. The Kier molecular flexibility index (Phi) is 6.27. The molecule has 5 nitrogen and oxygen atoms in total. The van der Waals surface area contributed by atoms with Crippen molar-refractivity contribution < 1.29 is 13.2 Å². The molecule has 1 aliphatic rings. The Morgan fingerprint density at radius 3 is 2.70 bits per heavy atom. The van der Waals surface area contributed by atoms with Crippen LogP contribution in [0.3, 0.4) is 0 Å². The second kappa shape index (κ2) is 7.09. The van der Waals surface area contributed by atoms with Crippen LogP contribution in [0.15, 0.2) is 27.6 Å². The van der Waals surface area contributed by atoms with Gasteiger partial charge in [-0.2, -0.15) is 0 Å². The van der Waals surface area contributed by atoms with E-state index in [0.29, 0.717) is 16.1 Å². The van der Waals surface area contributed by atoms with Gasteiger partial charge >= 0.3 is 0 Å². The second-order valence-corrected chi connectivity index (χ2v) is 7.24. The molecule has 0 heterocycles. The Hall–Kier alpha value is -0.340. The monoisotopic (exact) mass is 384 g/mol. The topological polar surface area (TPSA) is 81.4 Å². The van der Waals surface area contributed by atoms with Crippen LogP contribution in [0.1, 0.15) is 12.8 Å². The molecule has 1 atom stereocenters. The normalized spacial score (nSPS) is 16.4. The molecule has 3 N–H and O–H groups in total. The third-order valence-electron chi connectivity index (χ3n) is 3.16. The van der Waals surface area contributed by atoms with Gasteiger partial charge in [-0.15, -0.1) is 12.4 Å². The summed E-state index contributed by atoms with van der Waals surface area (Å²) in [5.41, 5.74) is 5.90. The summed E-state index contributed by atoms with van der Waals surface area (Å²) in [6.07, 6.45) is 2.18. The number of halogens is 2. The summed E-state index contributed by atoms with van der Waals surface area (Å²) in [7, 11) is -2.09. The highest BCUT2D eigenvalue weighted by molar-refractivity contribution is 9.10. The molecular formula is C12H18BrClN2O3S. The van der Waals surface area contributed by atoms with E-state index in [-0.39, 0.29) is 29.9 Å². The number of rotatable bonds is 6. The summed E-state index contributed by atoms with van der Waals surface area (Å²) in [5.74, 6) is 0.950. The number of sulfonamides is 1. The van der Waals surface area contributed by atoms with Crippen molar-refractivity contribution in [2.75, 3.05) is 13.7 Å². The number of methoxy groups -OCH3 is 1.